The minimum Gasteiger partial charge on any atom is -0.438 e. The van der Waals surface area contributed by atoms with Crippen LogP contribution in [0.5, 0.6) is 11.6 Å². The zero-order valence-electron chi connectivity index (χ0n) is 13.2. The molecule has 0 amide bonds. The van der Waals surface area contributed by atoms with E-state index in [0.717, 1.165) is 6.07 Å². The predicted molar refractivity (Wildman–Crippen MR) is 106 cm³/mol. The standard InChI is InChI=1S/C16H9ClF3IN3O2P/c17-14-10(8-23-24(27-21)15(14)25)9-5-6-13(22-7-9)26-12-4-2-1-3-11(12)16(18,19)20/h1-8,27H. The fraction of sp³-hybridized carbons (Fsp3) is 0.0625. The van der Waals surface area contributed by atoms with Crippen LogP contribution < -0.4 is 10.3 Å². The normalized spacial score (nSPS) is 11.9. The van der Waals surface area contributed by atoms with E-state index in [9.17, 15) is 18.0 Å². The average Bonchev–Trinajstić information content (AvgIpc) is 2.64. The fourth-order valence-corrected chi connectivity index (χ4v) is 3.83. The van der Waals surface area contributed by atoms with Crippen LogP contribution in [0.3, 0.4) is 0 Å². The topological polar surface area (TPSA) is 57.0 Å². The molecule has 2 aromatic heterocycles. The number of nitrogens with zero attached hydrogens (tertiary/aromatic N) is 3. The molecule has 0 saturated heterocycles. The van der Waals surface area contributed by atoms with Gasteiger partial charge in [0.05, 0.1) is 18.1 Å². The largest absolute Gasteiger partial charge is 0.438 e. The molecule has 140 valence electrons. The van der Waals surface area contributed by atoms with Crippen molar-refractivity contribution >= 4 is 40.0 Å². The summed E-state index contributed by atoms with van der Waals surface area (Å²) in [5.41, 5.74) is -0.458. The van der Waals surface area contributed by atoms with Crippen LogP contribution in [0.1, 0.15) is 5.56 Å². The highest BCUT2D eigenvalue weighted by Gasteiger charge is 2.34. The van der Waals surface area contributed by atoms with E-state index in [2.05, 4.69) is 10.1 Å². The van der Waals surface area contributed by atoms with E-state index in [0.29, 0.717) is 11.1 Å². The summed E-state index contributed by atoms with van der Waals surface area (Å²) in [7, 11) is 0. The lowest BCUT2D eigenvalue weighted by atomic mass is 10.1. The lowest BCUT2D eigenvalue weighted by Crippen LogP contribution is -2.16. The highest BCUT2D eigenvalue weighted by atomic mass is 127. The molecule has 0 N–H and O–H groups in total. The molecule has 0 aliphatic carbocycles. The molecule has 11 heteroatoms. The summed E-state index contributed by atoms with van der Waals surface area (Å²) >= 11 is 8.10. The van der Waals surface area contributed by atoms with Crippen LogP contribution in [-0.2, 0) is 6.18 Å². The van der Waals surface area contributed by atoms with Gasteiger partial charge < -0.3 is 4.74 Å². The first-order valence-electron chi connectivity index (χ1n) is 7.26. The fourth-order valence-electron chi connectivity index (χ4n) is 2.20. The first kappa shape index (κ1) is 20.0. The van der Waals surface area contributed by atoms with Crippen molar-refractivity contribution in [3.05, 3.63) is 69.7 Å². The molecule has 0 spiro atoms. The Morgan fingerprint density at radius 2 is 1.89 bits per heavy atom. The molecule has 27 heavy (non-hydrogen) atoms. The number of rotatable bonds is 4. The van der Waals surface area contributed by atoms with Gasteiger partial charge in [0.15, 0.2) is 0 Å². The Bertz CT molecular complexity index is 1030. The van der Waals surface area contributed by atoms with Crippen LogP contribution in [0.15, 0.2) is 53.6 Å². The third kappa shape index (κ3) is 4.41. The molecule has 0 aliphatic heterocycles. The van der Waals surface area contributed by atoms with E-state index < -0.39 is 17.3 Å². The van der Waals surface area contributed by atoms with E-state index in [1.807, 2.05) is 22.0 Å². The zero-order valence-corrected chi connectivity index (χ0v) is 17.1. The maximum absolute atomic E-state index is 13.0. The van der Waals surface area contributed by atoms with Gasteiger partial charge in [0.25, 0.3) is 5.56 Å². The van der Waals surface area contributed by atoms with Crippen molar-refractivity contribution in [1.82, 2.24) is 14.5 Å². The summed E-state index contributed by atoms with van der Waals surface area (Å²) in [6, 6.07) is 7.79. The summed E-state index contributed by atoms with van der Waals surface area (Å²) in [6.45, 7) is 0. The van der Waals surface area contributed by atoms with Crippen molar-refractivity contribution in [3.63, 3.8) is 0 Å². The van der Waals surface area contributed by atoms with Crippen LogP contribution in [0.25, 0.3) is 11.1 Å². The van der Waals surface area contributed by atoms with Gasteiger partial charge in [0.2, 0.25) is 5.88 Å². The molecule has 0 bridgehead atoms. The molecule has 3 rings (SSSR count). The van der Waals surface area contributed by atoms with Gasteiger partial charge in [-0.15, -0.1) is 0 Å². The van der Waals surface area contributed by atoms with Crippen LogP contribution in [0.2, 0.25) is 5.02 Å². The van der Waals surface area contributed by atoms with Crippen LogP contribution >= 0.6 is 40.0 Å². The predicted octanol–water partition coefficient (Wildman–Crippen LogP) is 5.56. The summed E-state index contributed by atoms with van der Waals surface area (Å²) in [4.78, 5) is 16.1. The number of hydrogen-bond donors (Lipinski definition) is 0. The highest BCUT2D eigenvalue weighted by molar-refractivity contribution is 14.2. The van der Waals surface area contributed by atoms with E-state index in [1.54, 1.807) is 0 Å². The molecule has 0 fully saturated rings. The highest BCUT2D eigenvalue weighted by Crippen LogP contribution is 2.37. The first-order chi connectivity index (χ1) is 12.8. The van der Waals surface area contributed by atoms with Gasteiger partial charge in [-0.05, 0) is 40.2 Å². The quantitative estimate of drug-likeness (QED) is 0.331. The number of halogens is 5. The third-order valence-electron chi connectivity index (χ3n) is 3.45. The van der Waals surface area contributed by atoms with Gasteiger partial charge in [0, 0.05) is 23.4 Å². The smallest absolute Gasteiger partial charge is 0.419 e. The number of ether oxygens (including phenoxy) is 1. The van der Waals surface area contributed by atoms with Crippen molar-refractivity contribution in [1.29, 1.82) is 0 Å². The summed E-state index contributed by atoms with van der Waals surface area (Å²) in [5.74, 6) is -0.378. The van der Waals surface area contributed by atoms with E-state index in [4.69, 9.17) is 16.3 Å². The maximum atomic E-state index is 13.0. The molecule has 0 aliphatic rings. The van der Waals surface area contributed by atoms with Crippen molar-refractivity contribution < 1.29 is 17.9 Å². The zero-order chi connectivity index (χ0) is 19.6. The third-order valence-corrected chi connectivity index (χ3v) is 5.67. The SMILES string of the molecule is O=c1c(Cl)c(-c2ccc(Oc3ccccc3C(F)(F)F)nc2)cnn1PI. The summed E-state index contributed by atoms with van der Waals surface area (Å²) in [6.07, 6.45) is -1.65. The number of alkyl halides is 3. The second-order valence-corrected chi connectivity index (χ2v) is 7.57. The number of benzene rings is 1. The second-order valence-electron chi connectivity index (χ2n) is 5.15. The Balaban J connectivity index is 1.90. The number of hydrogen-bond acceptors (Lipinski definition) is 4. The summed E-state index contributed by atoms with van der Waals surface area (Å²) < 4.78 is 45.6. The Morgan fingerprint density at radius 1 is 1.15 bits per heavy atom. The van der Waals surface area contributed by atoms with Gasteiger partial charge in [-0.3, -0.25) is 4.79 Å². The lowest BCUT2D eigenvalue weighted by molar-refractivity contribution is -0.138. The van der Waals surface area contributed by atoms with Crippen LogP contribution in [0.4, 0.5) is 13.2 Å². The van der Waals surface area contributed by atoms with Gasteiger partial charge in [-0.2, -0.15) is 18.3 Å². The van der Waals surface area contributed by atoms with Crippen molar-refractivity contribution in [2.75, 3.05) is 0 Å². The van der Waals surface area contributed by atoms with Gasteiger partial charge in [-0.1, -0.05) is 23.7 Å². The van der Waals surface area contributed by atoms with Crippen LogP contribution in [-0.4, -0.2) is 14.5 Å². The van der Waals surface area contributed by atoms with Gasteiger partial charge in [-0.25, -0.2) is 9.44 Å². The first-order valence-corrected chi connectivity index (χ1v) is 11.7. The van der Waals surface area contributed by atoms with E-state index in [-0.39, 0.29) is 23.0 Å². The van der Waals surface area contributed by atoms with Crippen LogP contribution in [0, 0.1) is 0 Å². The molecule has 0 radical (unpaired) electrons. The lowest BCUT2D eigenvalue weighted by Gasteiger charge is -2.13. The molecular formula is C16H9ClF3IN3O2P. The van der Waals surface area contributed by atoms with Crippen molar-refractivity contribution in [2.45, 2.75) is 6.18 Å². The number of pyridine rings is 1. The molecule has 3 aromatic rings. The maximum Gasteiger partial charge on any atom is 0.419 e. The second kappa shape index (κ2) is 8.12. The number of para-hydroxylation sites is 1. The number of aromatic nitrogens is 3. The minimum absolute atomic E-state index is 0.00736. The van der Waals surface area contributed by atoms with Crippen molar-refractivity contribution in [3.8, 4) is 22.8 Å². The Hall–Kier alpha value is -1.71. The Morgan fingerprint density at radius 3 is 2.52 bits per heavy atom. The molecule has 1 aromatic carbocycles. The molecule has 1 unspecified atom stereocenters. The average molecular weight is 526 g/mol. The van der Waals surface area contributed by atoms with Crippen molar-refractivity contribution in [2.24, 2.45) is 0 Å². The molecule has 5 nitrogen and oxygen atoms in total. The monoisotopic (exact) mass is 525 g/mol. The molecule has 1 atom stereocenters. The van der Waals surface area contributed by atoms with Gasteiger partial charge in [0.1, 0.15) is 10.8 Å². The molecular weight excluding hydrogens is 517 g/mol. The minimum atomic E-state index is -4.54. The van der Waals surface area contributed by atoms with E-state index in [1.165, 1.54) is 47.2 Å². The molecule has 0 saturated carbocycles. The Kier molecular flexibility index (Phi) is 6.02. The molecule has 2 heterocycles. The Labute approximate surface area is 170 Å². The van der Waals surface area contributed by atoms with E-state index >= 15 is 0 Å². The summed E-state index contributed by atoms with van der Waals surface area (Å²) in [5, 5.41) is 4.00. The van der Waals surface area contributed by atoms with Gasteiger partial charge >= 0.3 is 6.18 Å².